The fraction of sp³-hybridized carbons (Fsp3) is 0.786. The second kappa shape index (κ2) is 6.71. The zero-order valence-corrected chi connectivity index (χ0v) is 13.9. The molecule has 0 atom stereocenters. The van der Waals surface area contributed by atoms with E-state index in [0.717, 1.165) is 25.2 Å². The van der Waals surface area contributed by atoms with Crippen LogP contribution in [-0.2, 0) is 13.5 Å². The molecule has 18 heavy (non-hydrogen) atoms. The van der Waals surface area contributed by atoms with Crippen LogP contribution in [0.2, 0.25) is 0 Å². The molecule has 4 heteroatoms. The standard InChI is InChI=1S/C14H26BrN3/c1-6-14(7-2,10-16-8-3)9-12-13(15)11(4)17-18(12)5/h16H,6-10H2,1-5H3. The van der Waals surface area contributed by atoms with Gasteiger partial charge in [-0.25, -0.2) is 0 Å². The van der Waals surface area contributed by atoms with Gasteiger partial charge in [0.2, 0.25) is 0 Å². The number of nitrogens with one attached hydrogen (secondary N) is 1. The third kappa shape index (κ3) is 3.35. The van der Waals surface area contributed by atoms with Crippen molar-refractivity contribution in [3.05, 3.63) is 15.9 Å². The Balaban J connectivity index is 2.95. The van der Waals surface area contributed by atoms with Crippen molar-refractivity contribution in [1.82, 2.24) is 15.1 Å². The van der Waals surface area contributed by atoms with Gasteiger partial charge in [-0.05, 0) is 54.1 Å². The van der Waals surface area contributed by atoms with Crippen molar-refractivity contribution < 1.29 is 0 Å². The molecule has 0 aliphatic rings. The van der Waals surface area contributed by atoms with E-state index in [9.17, 15) is 0 Å². The predicted molar refractivity (Wildman–Crippen MR) is 80.9 cm³/mol. The summed E-state index contributed by atoms with van der Waals surface area (Å²) in [6, 6.07) is 0. The van der Waals surface area contributed by atoms with E-state index in [1.54, 1.807) is 0 Å². The van der Waals surface area contributed by atoms with Gasteiger partial charge in [-0.3, -0.25) is 4.68 Å². The number of hydrogen-bond acceptors (Lipinski definition) is 2. The first-order valence-electron chi connectivity index (χ1n) is 6.88. The van der Waals surface area contributed by atoms with Crippen LogP contribution in [0.15, 0.2) is 4.47 Å². The van der Waals surface area contributed by atoms with Gasteiger partial charge in [0.15, 0.2) is 0 Å². The molecule has 3 nitrogen and oxygen atoms in total. The molecule has 0 radical (unpaired) electrons. The molecule has 0 bridgehead atoms. The van der Waals surface area contributed by atoms with Gasteiger partial charge in [0.1, 0.15) is 0 Å². The summed E-state index contributed by atoms with van der Waals surface area (Å²) in [6.45, 7) is 10.9. The van der Waals surface area contributed by atoms with Crippen molar-refractivity contribution in [3.8, 4) is 0 Å². The van der Waals surface area contributed by atoms with Gasteiger partial charge in [0, 0.05) is 13.6 Å². The van der Waals surface area contributed by atoms with E-state index in [-0.39, 0.29) is 0 Å². The SMILES string of the molecule is CCNCC(CC)(CC)Cc1c(Br)c(C)nn1C. The van der Waals surface area contributed by atoms with Gasteiger partial charge in [-0.1, -0.05) is 20.8 Å². The number of aromatic nitrogens is 2. The average molecular weight is 316 g/mol. The van der Waals surface area contributed by atoms with E-state index in [0.29, 0.717) is 5.41 Å². The summed E-state index contributed by atoms with van der Waals surface area (Å²) < 4.78 is 3.19. The van der Waals surface area contributed by atoms with Crippen molar-refractivity contribution in [1.29, 1.82) is 0 Å². The third-order valence-corrected chi connectivity index (χ3v) is 5.09. The first kappa shape index (κ1) is 15.7. The van der Waals surface area contributed by atoms with Crippen LogP contribution in [0.5, 0.6) is 0 Å². The number of nitrogens with zero attached hydrogens (tertiary/aromatic N) is 2. The summed E-state index contributed by atoms with van der Waals surface area (Å²) >= 11 is 3.68. The zero-order valence-electron chi connectivity index (χ0n) is 12.3. The highest BCUT2D eigenvalue weighted by molar-refractivity contribution is 9.10. The molecule has 0 spiro atoms. The van der Waals surface area contributed by atoms with E-state index in [1.807, 2.05) is 11.7 Å². The highest BCUT2D eigenvalue weighted by Crippen LogP contribution is 2.33. The molecule has 0 fully saturated rings. The lowest BCUT2D eigenvalue weighted by Gasteiger charge is -2.32. The maximum atomic E-state index is 4.49. The van der Waals surface area contributed by atoms with E-state index in [1.165, 1.54) is 23.0 Å². The van der Waals surface area contributed by atoms with E-state index >= 15 is 0 Å². The van der Waals surface area contributed by atoms with Gasteiger partial charge in [0.25, 0.3) is 0 Å². The van der Waals surface area contributed by atoms with E-state index < -0.39 is 0 Å². The molecule has 0 saturated carbocycles. The van der Waals surface area contributed by atoms with Crippen molar-refractivity contribution >= 4 is 15.9 Å². The minimum absolute atomic E-state index is 0.332. The Morgan fingerprint density at radius 3 is 2.28 bits per heavy atom. The molecule has 1 aromatic heterocycles. The average Bonchev–Trinajstić information content (AvgIpc) is 2.61. The second-order valence-corrected chi connectivity index (χ2v) is 5.93. The summed E-state index contributed by atoms with van der Waals surface area (Å²) in [4.78, 5) is 0. The maximum Gasteiger partial charge on any atom is 0.0738 e. The first-order valence-corrected chi connectivity index (χ1v) is 7.67. The van der Waals surface area contributed by atoms with Crippen molar-refractivity contribution in [3.63, 3.8) is 0 Å². The Morgan fingerprint density at radius 2 is 1.89 bits per heavy atom. The van der Waals surface area contributed by atoms with Gasteiger partial charge < -0.3 is 5.32 Å². The summed E-state index contributed by atoms with van der Waals surface area (Å²) in [5.41, 5.74) is 2.73. The smallest absolute Gasteiger partial charge is 0.0738 e. The van der Waals surface area contributed by atoms with E-state index in [2.05, 4.69) is 54.0 Å². The Hall–Kier alpha value is -0.350. The molecular weight excluding hydrogens is 290 g/mol. The predicted octanol–water partition coefficient (Wildman–Crippen LogP) is 3.45. The van der Waals surface area contributed by atoms with Gasteiger partial charge in [0.05, 0.1) is 15.9 Å². The van der Waals surface area contributed by atoms with Crippen molar-refractivity contribution in [2.75, 3.05) is 13.1 Å². The largest absolute Gasteiger partial charge is 0.316 e. The highest BCUT2D eigenvalue weighted by atomic mass is 79.9. The molecule has 1 N–H and O–H groups in total. The first-order chi connectivity index (χ1) is 8.49. The van der Waals surface area contributed by atoms with Crippen molar-refractivity contribution in [2.45, 2.75) is 47.0 Å². The number of aryl methyl sites for hydroxylation is 2. The minimum atomic E-state index is 0.332. The third-order valence-electron chi connectivity index (χ3n) is 4.05. The number of rotatable bonds is 7. The topological polar surface area (TPSA) is 29.9 Å². The van der Waals surface area contributed by atoms with Crippen LogP contribution < -0.4 is 5.32 Å². The maximum absolute atomic E-state index is 4.49. The van der Waals surface area contributed by atoms with Gasteiger partial charge in [-0.15, -0.1) is 0 Å². The summed E-state index contributed by atoms with van der Waals surface area (Å²) in [5.74, 6) is 0. The molecule has 0 unspecified atom stereocenters. The normalized spacial score (nSPS) is 12.1. The van der Waals surface area contributed by atoms with Gasteiger partial charge >= 0.3 is 0 Å². The van der Waals surface area contributed by atoms with Crippen LogP contribution in [-0.4, -0.2) is 22.9 Å². The fourth-order valence-electron chi connectivity index (χ4n) is 2.43. The molecule has 1 rings (SSSR count). The minimum Gasteiger partial charge on any atom is -0.316 e. The monoisotopic (exact) mass is 315 g/mol. The molecule has 0 aliphatic heterocycles. The number of halogens is 1. The molecule has 1 aromatic rings. The highest BCUT2D eigenvalue weighted by Gasteiger charge is 2.28. The van der Waals surface area contributed by atoms with Crippen LogP contribution in [0, 0.1) is 12.3 Å². The molecule has 0 saturated heterocycles. The lowest BCUT2D eigenvalue weighted by molar-refractivity contribution is 0.243. The summed E-state index contributed by atoms with van der Waals surface area (Å²) in [6.07, 6.45) is 3.45. The van der Waals surface area contributed by atoms with Crippen LogP contribution in [0.3, 0.4) is 0 Å². The Labute approximate surface area is 119 Å². The van der Waals surface area contributed by atoms with Crippen LogP contribution >= 0.6 is 15.9 Å². The second-order valence-electron chi connectivity index (χ2n) is 5.13. The zero-order chi connectivity index (χ0) is 13.8. The summed E-state index contributed by atoms with van der Waals surface area (Å²) in [5, 5.41) is 8.01. The van der Waals surface area contributed by atoms with Gasteiger partial charge in [-0.2, -0.15) is 5.10 Å². The van der Waals surface area contributed by atoms with Crippen LogP contribution in [0.1, 0.15) is 45.0 Å². The molecule has 104 valence electrons. The van der Waals surface area contributed by atoms with Crippen LogP contribution in [0.4, 0.5) is 0 Å². The van der Waals surface area contributed by atoms with Crippen LogP contribution in [0.25, 0.3) is 0 Å². The quantitative estimate of drug-likeness (QED) is 0.835. The lowest BCUT2D eigenvalue weighted by atomic mass is 9.78. The fourth-order valence-corrected chi connectivity index (χ4v) is 2.91. The molecule has 0 aromatic carbocycles. The molecular formula is C14H26BrN3. The Bertz CT molecular complexity index is 381. The lowest BCUT2D eigenvalue weighted by Crippen LogP contribution is -2.36. The Kier molecular flexibility index (Phi) is 5.86. The van der Waals surface area contributed by atoms with Crippen molar-refractivity contribution in [2.24, 2.45) is 12.5 Å². The van der Waals surface area contributed by atoms with E-state index in [4.69, 9.17) is 0 Å². The molecule has 1 heterocycles. The Morgan fingerprint density at radius 1 is 1.28 bits per heavy atom. The molecule has 0 aliphatic carbocycles. The summed E-state index contributed by atoms with van der Waals surface area (Å²) in [7, 11) is 2.04. The molecule has 0 amide bonds. The number of hydrogen-bond donors (Lipinski definition) is 1.